The number of thioether (sulfide) groups is 1. The van der Waals surface area contributed by atoms with E-state index in [1.807, 2.05) is 0 Å². The average molecular weight is 403 g/mol. The van der Waals surface area contributed by atoms with Crippen molar-refractivity contribution in [2.24, 2.45) is 0 Å². The number of nitrogens with zero attached hydrogens (tertiary/aromatic N) is 1. The van der Waals surface area contributed by atoms with Crippen molar-refractivity contribution in [3.63, 3.8) is 0 Å². The summed E-state index contributed by atoms with van der Waals surface area (Å²) in [6.45, 7) is 6.08. The fraction of sp³-hybridized carbons (Fsp3) is 0.364. The first-order valence-corrected chi connectivity index (χ1v) is 10.4. The summed E-state index contributed by atoms with van der Waals surface area (Å²) < 4.78 is 13.2. The van der Waals surface area contributed by atoms with Crippen molar-refractivity contribution in [3.8, 4) is 0 Å². The number of hydrogen-bond acceptors (Lipinski definition) is 3. The summed E-state index contributed by atoms with van der Waals surface area (Å²) in [5, 5.41) is 2.59. The third-order valence-electron chi connectivity index (χ3n) is 4.46. The second-order valence-corrected chi connectivity index (χ2v) is 7.91. The summed E-state index contributed by atoms with van der Waals surface area (Å²) in [7, 11) is 1.55. The number of aryl methyl sites for hydroxylation is 2. The van der Waals surface area contributed by atoms with Crippen LogP contribution < -0.4 is 5.32 Å². The number of amides is 2. The van der Waals surface area contributed by atoms with Gasteiger partial charge in [0.05, 0.1) is 5.75 Å². The van der Waals surface area contributed by atoms with E-state index in [1.54, 1.807) is 31.0 Å². The van der Waals surface area contributed by atoms with Crippen molar-refractivity contribution in [3.05, 3.63) is 70.5 Å². The zero-order valence-corrected chi connectivity index (χ0v) is 17.6. The molecule has 0 heterocycles. The predicted octanol–water partition coefficient (Wildman–Crippen LogP) is 3.84. The van der Waals surface area contributed by atoms with Crippen molar-refractivity contribution < 1.29 is 14.0 Å². The molecule has 0 aliphatic carbocycles. The molecule has 0 saturated heterocycles. The molecule has 0 radical (unpaired) electrons. The number of halogens is 1. The zero-order valence-electron chi connectivity index (χ0n) is 16.8. The molecular formula is C22H27FN2O2S. The van der Waals surface area contributed by atoms with Crippen LogP contribution in [-0.4, -0.2) is 35.6 Å². The van der Waals surface area contributed by atoms with Gasteiger partial charge in [0.1, 0.15) is 11.9 Å². The first-order chi connectivity index (χ1) is 13.3. The van der Waals surface area contributed by atoms with Crippen molar-refractivity contribution in [2.75, 3.05) is 12.8 Å². The number of likely N-dealkylation sites (N-methyl/N-ethyl adjacent to an activating group) is 1. The lowest BCUT2D eigenvalue weighted by Gasteiger charge is -2.28. The van der Waals surface area contributed by atoms with Gasteiger partial charge in [-0.25, -0.2) is 4.39 Å². The minimum atomic E-state index is -0.607. The second-order valence-electron chi connectivity index (χ2n) is 6.93. The van der Waals surface area contributed by atoms with Crippen LogP contribution in [0, 0.1) is 19.7 Å². The molecule has 0 bridgehead atoms. The second kappa shape index (κ2) is 10.3. The van der Waals surface area contributed by atoms with Gasteiger partial charge in [-0.3, -0.25) is 9.59 Å². The summed E-state index contributed by atoms with van der Waals surface area (Å²) in [4.78, 5) is 26.5. The SMILES string of the molecule is CNC(=O)C(C)N(Cc1ccc(F)cc1)C(=O)CSCc1cc(C)cc(C)c1. The Labute approximate surface area is 170 Å². The van der Waals surface area contributed by atoms with E-state index in [2.05, 4.69) is 37.4 Å². The maximum absolute atomic E-state index is 13.2. The fourth-order valence-electron chi connectivity index (χ4n) is 3.07. The highest BCUT2D eigenvalue weighted by Gasteiger charge is 2.25. The lowest BCUT2D eigenvalue weighted by molar-refractivity contribution is -0.138. The highest BCUT2D eigenvalue weighted by atomic mass is 32.2. The topological polar surface area (TPSA) is 49.4 Å². The summed E-state index contributed by atoms with van der Waals surface area (Å²) >= 11 is 1.53. The van der Waals surface area contributed by atoms with Crippen molar-refractivity contribution in [1.82, 2.24) is 10.2 Å². The smallest absolute Gasteiger partial charge is 0.242 e. The number of rotatable bonds is 8. The number of nitrogens with one attached hydrogen (secondary N) is 1. The van der Waals surface area contributed by atoms with E-state index in [1.165, 1.54) is 40.6 Å². The van der Waals surface area contributed by atoms with Gasteiger partial charge in [-0.05, 0) is 44.0 Å². The van der Waals surface area contributed by atoms with Gasteiger partial charge in [0.2, 0.25) is 11.8 Å². The van der Waals surface area contributed by atoms with Crippen LogP contribution >= 0.6 is 11.8 Å². The Kier molecular flexibility index (Phi) is 8.05. The normalized spacial score (nSPS) is 11.8. The molecule has 2 amide bonds. The first-order valence-electron chi connectivity index (χ1n) is 9.20. The number of carbonyl (C=O) groups is 2. The van der Waals surface area contributed by atoms with Gasteiger partial charge in [-0.2, -0.15) is 0 Å². The Balaban J connectivity index is 2.05. The zero-order chi connectivity index (χ0) is 20.7. The molecule has 28 heavy (non-hydrogen) atoms. The minimum Gasteiger partial charge on any atom is -0.357 e. The number of benzene rings is 2. The largest absolute Gasteiger partial charge is 0.357 e. The van der Waals surface area contributed by atoms with Gasteiger partial charge in [-0.1, -0.05) is 41.5 Å². The standard InChI is InChI=1S/C22H27FN2O2S/c1-15-9-16(2)11-19(10-15)13-28-14-21(26)25(17(3)22(27)24-4)12-18-5-7-20(23)8-6-18/h5-11,17H,12-14H2,1-4H3,(H,24,27). The fourth-order valence-corrected chi connectivity index (χ4v) is 3.91. The van der Waals surface area contributed by atoms with Gasteiger partial charge >= 0.3 is 0 Å². The maximum atomic E-state index is 13.2. The van der Waals surface area contributed by atoms with E-state index >= 15 is 0 Å². The number of hydrogen-bond donors (Lipinski definition) is 1. The molecule has 0 fully saturated rings. The molecule has 6 heteroatoms. The highest BCUT2D eigenvalue weighted by molar-refractivity contribution is 7.99. The highest BCUT2D eigenvalue weighted by Crippen LogP contribution is 2.18. The van der Waals surface area contributed by atoms with Gasteiger partial charge in [0, 0.05) is 19.3 Å². The van der Waals surface area contributed by atoms with Gasteiger partial charge < -0.3 is 10.2 Å². The van der Waals surface area contributed by atoms with Crippen LogP contribution in [0.5, 0.6) is 0 Å². The summed E-state index contributed by atoms with van der Waals surface area (Å²) in [5.41, 5.74) is 4.37. The Morgan fingerprint density at radius 3 is 2.25 bits per heavy atom. The van der Waals surface area contributed by atoms with E-state index in [0.29, 0.717) is 0 Å². The lowest BCUT2D eigenvalue weighted by Crippen LogP contribution is -2.47. The van der Waals surface area contributed by atoms with Crippen molar-refractivity contribution in [2.45, 2.75) is 39.1 Å². The van der Waals surface area contributed by atoms with Gasteiger partial charge in [0.15, 0.2) is 0 Å². The van der Waals surface area contributed by atoms with Crippen LogP contribution in [0.2, 0.25) is 0 Å². The molecule has 150 valence electrons. The monoisotopic (exact) mass is 402 g/mol. The van der Waals surface area contributed by atoms with E-state index in [-0.39, 0.29) is 29.9 Å². The van der Waals surface area contributed by atoms with E-state index in [0.717, 1.165) is 11.3 Å². The molecule has 1 unspecified atom stereocenters. The van der Waals surface area contributed by atoms with Gasteiger partial charge in [0.25, 0.3) is 0 Å². The van der Waals surface area contributed by atoms with Crippen LogP contribution in [0.1, 0.15) is 29.2 Å². The maximum Gasteiger partial charge on any atom is 0.242 e. The van der Waals surface area contributed by atoms with Crippen LogP contribution in [0.3, 0.4) is 0 Å². The molecule has 0 aliphatic rings. The summed E-state index contributed by atoms with van der Waals surface area (Å²) in [5.74, 6) is 0.331. The van der Waals surface area contributed by atoms with E-state index < -0.39 is 6.04 Å². The summed E-state index contributed by atoms with van der Waals surface area (Å²) in [6, 6.07) is 11.7. The Hall–Kier alpha value is -2.34. The summed E-state index contributed by atoms with van der Waals surface area (Å²) in [6.07, 6.45) is 0. The molecule has 1 atom stereocenters. The van der Waals surface area contributed by atoms with Crippen molar-refractivity contribution in [1.29, 1.82) is 0 Å². The molecule has 0 aromatic heterocycles. The molecular weight excluding hydrogens is 375 g/mol. The third-order valence-corrected chi connectivity index (χ3v) is 5.44. The van der Waals surface area contributed by atoms with Gasteiger partial charge in [-0.15, -0.1) is 11.8 Å². The van der Waals surface area contributed by atoms with Crippen LogP contribution in [-0.2, 0) is 21.9 Å². The van der Waals surface area contributed by atoms with Crippen molar-refractivity contribution >= 4 is 23.6 Å². The Bertz CT molecular complexity index is 804. The molecule has 1 N–H and O–H groups in total. The molecule has 4 nitrogen and oxygen atoms in total. The molecule has 0 aliphatic heterocycles. The van der Waals surface area contributed by atoms with E-state index in [9.17, 15) is 14.0 Å². The quantitative estimate of drug-likeness (QED) is 0.730. The Morgan fingerprint density at radius 1 is 1.07 bits per heavy atom. The molecule has 0 saturated carbocycles. The first kappa shape index (κ1) is 22.0. The van der Waals surface area contributed by atoms with Crippen LogP contribution in [0.4, 0.5) is 4.39 Å². The lowest BCUT2D eigenvalue weighted by atomic mass is 10.1. The van der Waals surface area contributed by atoms with Crippen LogP contribution in [0.15, 0.2) is 42.5 Å². The molecule has 2 aromatic carbocycles. The van der Waals surface area contributed by atoms with E-state index in [4.69, 9.17) is 0 Å². The third kappa shape index (κ3) is 6.37. The molecule has 0 spiro atoms. The predicted molar refractivity (Wildman–Crippen MR) is 113 cm³/mol. The van der Waals surface area contributed by atoms with Crippen LogP contribution in [0.25, 0.3) is 0 Å². The Morgan fingerprint density at radius 2 is 1.68 bits per heavy atom. The average Bonchev–Trinajstić information content (AvgIpc) is 2.65. The minimum absolute atomic E-state index is 0.116. The molecule has 2 aromatic rings. The molecule has 2 rings (SSSR count). The number of carbonyl (C=O) groups excluding carboxylic acids is 2.